The molecule has 2 aromatic heterocycles. The molecule has 0 amide bonds. The lowest BCUT2D eigenvalue weighted by Gasteiger charge is -2.04. The highest BCUT2D eigenvalue weighted by atomic mass is 32.2. The van der Waals surface area contributed by atoms with Gasteiger partial charge in [-0.15, -0.1) is 0 Å². The van der Waals surface area contributed by atoms with Gasteiger partial charge in [0.1, 0.15) is 0 Å². The SMILES string of the molecule is CCn1cncc1-c1c[nH]c2ccc(S(N)(=O)=O)cc12. The van der Waals surface area contributed by atoms with Crippen LogP contribution in [0.3, 0.4) is 0 Å². The first-order valence-corrected chi connectivity index (χ1v) is 7.70. The van der Waals surface area contributed by atoms with Crippen LogP contribution in [0.5, 0.6) is 0 Å². The molecular formula is C13H14N4O2S. The van der Waals surface area contributed by atoms with Crippen molar-refractivity contribution in [2.45, 2.75) is 18.4 Å². The number of rotatable bonds is 3. The predicted octanol–water partition coefficient (Wildman–Crippen LogP) is 1.70. The maximum Gasteiger partial charge on any atom is 0.238 e. The summed E-state index contributed by atoms with van der Waals surface area (Å²) < 4.78 is 24.9. The topological polar surface area (TPSA) is 93.8 Å². The van der Waals surface area contributed by atoms with Crippen LogP contribution in [0, 0.1) is 0 Å². The fourth-order valence-electron chi connectivity index (χ4n) is 2.29. The van der Waals surface area contributed by atoms with Gasteiger partial charge in [0, 0.05) is 29.2 Å². The lowest BCUT2D eigenvalue weighted by Crippen LogP contribution is -2.11. The van der Waals surface area contributed by atoms with Crippen molar-refractivity contribution in [2.75, 3.05) is 0 Å². The van der Waals surface area contributed by atoms with Gasteiger partial charge in [0.2, 0.25) is 10.0 Å². The van der Waals surface area contributed by atoms with Gasteiger partial charge in [-0.05, 0) is 25.1 Å². The molecule has 3 aromatic rings. The van der Waals surface area contributed by atoms with Gasteiger partial charge < -0.3 is 9.55 Å². The molecule has 104 valence electrons. The highest BCUT2D eigenvalue weighted by Crippen LogP contribution is 2.29. The van der Waals surface area contributed by atoms with E-state index in [2.05, 4.69) is 9.97 Å². The molecule has 7 heteroatoms. The summed E-state index contributed by atoms with van der Waals surface area (Å²) in [7, 11) is -3.71. The van der Waals surface area contributed by atoms with Gasteiger partial charge in [0.25, 0.3) is 0 Å². The summed E-state index contributed by atoms with van der Waals surface area (Å²) in [6, 6.07) is 4.80. The van der Waals surface area contributed by atoms with E-state index < -0.39 is 10.0 Å². The molecule has 0 atom stereocenters. The number of aryl methyl sites for hydroxylation is 1. The van der Waals surface area contributed by atoms with Crippen molar-refractivity contribution >= 4 is 20.9 Å². The number of nitrogens with zero attached hydrogens (tertiary/aromatic N) is 2. The quantitative estimate of drug-likeness (QED) is 0.768. The summed E-state index contributed by atoms with van der Waals surface area (Å²) in [5.74, 6) is 0. The van der Waals surface area contributed by atoms with E-state index in [0.717, 1.165) is 28.7 Å². The second kappa shape index (κ2) is 4.46. The predicted molar refractivity (Wildman–Crippen MR) is 76.6 cm³/mol. The summed E-state index contributed by atoms with van der Waals surface area (Å²) in [5, 5.41) is 6.00. The largest absolute Gasteiger partial charge is 0.360 e. The first-order chi connectivity index (χ1) is 9.50. The molecule has 0 fully saturated rings. The fraction of sp³-hybridized carbons (Fsp3) is 0.154. The van der Waals surface area contributed by atoms with E-state index in [0.29, 0.717) is 0 Å². The van der Waals surface area contributed by atoms with Crippen molar-refractivity contribution < 1.29 is 8.42 Å². The van der Waals surface area contributed by atoms with Gasteiger partial charge in [0.05, 0.1) is 23.1 Å². The lowest BCUT2D eigenvalue weighted by atomic mass is 10.1. The second-order valence-corrected chi connectivity index (χ2v) is 6.08. The minimum absolute atomic E-state index is 0.105. The molecule has 0 saturated carbocycles. The van der Waals surface area contributed by atoms with Crippen molar-refractivity contribution in [2.24, 2.45) is 5.14 Å². The van der Waals surface area contributed by atoms with Crippen LogP contribution in [-0.2, 0) is 16.6 Å². The molecule has 3 N–H and O–H groups in total. The summed E-state index contributed by atoms with van der Waals surface area (Å²) in [6.07, 6.45) is 5.36. The minimum Gasteiger partial charge on any atom is -0.360 e. The number of nitrogens with two attached hydrogens (primary N) is 1. The molecule has 0 radical (unpaired) electrons. The number of nitrogens with one attached hydrogen (secondary N) is 1. The van der Waals surface area contributed by atoms with Crippen molar-refractivity contribution in [3.8, 4) is 11.3 Å². The molecule has 0 unspecified atom stereocenters. The maximum absolute atomic E-state index is 11.5. The molecule has 20 heavy (non-hydrogen) atoms. The smallest absolute Gasteiger partial charge is 0.238 e. The van der Waals surface area contributed by atoms with E-state index in [1.54, 1.807) is 24.7 Å². The number of primary sulfonamides is 1. The van der Waals surface area contributed by atoms with E-state index in [1.807, 2.05) is 17.7 Å². The first kappa shape index (κ1) is 12.9. The number of aromatic nitrogens is 3. The Hall–Kier alpha value is -2.12. The molecular weight excluding hydrogens is 276 g/mol. The lowest BCUT2D eigenvalue weighted by molar-refractivity contribution is 0.598. The van der Waals surface area contributed by atoms with E-state index in [1.165, 1.54) is 6.07 Å². The van der Waals surface area contributed by atoms with E-state index >= 15 is 0 Å². The Balaban J connectivity index is 2.27. The number of aromatic amines is 1. The Morgan fingerprint density at radius 1 is 1.40 bits per heavy atom. The average Bonchev–Trinajstić information content (AvgIpc) is 3.02. The Morgan fingerprint density at radius 3 is 2.90 bits per heavy atom. The van der Waals surface area contributed by atoms with E-state index in [4.69, 9.17) is 5.14 Å². The summed E-state index contributed by atoms with van der Waals surface area (Å²) in [5.41, 5.74) is 2.70. The number of hydrogen-bond donors (Lipinski definition) is 2. The molecule has 1 aromatic carbocycles. The third kappa shape index (κ3) is 2.00. The van der Waals surface area contributed by atoms with Crippen molar-refractivity contribution in [1.29, 1.82) is 0 Å². The highest BCUT2D eigenvalue weighted by molar-refractivity contribution is 7.89. The summed E-state index contributed by atoms with van der Waals surface area (Å²) in [6.45, 7) is 2.81. The van der Waals surface area contributed by atoms with Gasteiger partial charge in [-0.2, -0.15) is 0 Å². The number of imidazole rings is 1. The zero-order valence-electron chi connectivity index (χ0n) is 10.9. The molecule has 2 heterocycles. The zero-order chi connectivity index (χ0) is 14.3. The zero-order valence-corrected chi connectivity index (χ0v) is 11.7. The molecule has 3 rings (SSSR count). The summed E-state index contributed by atoms with van der Waals surface area (Å²) >= 11 is 0. The van der Waals surface area contributed by atoms with Gasteiger partial charge in [-0.25, -0.2) is 18.5 Å². The molecule has 0 bridgehead atoms. The van der Waals surface area contributed by atoms with Crippen LogP contribution >= 0.6 is 0 Å². The Kier molecular flexibility index (Phi) is 2.88. The molecule has 6 nitrogen and oxygen atoms in total. The normalized spacial score (nSPS) is 12.1. The van der Waals surface area contributed by atoms with E-state index in [-0.39, 0.29) is 4.90 Å². The average molecular weight is 290 g/mol. The van der Waals surface area contributed by atoms with Crippen LogP contribution in [0.4, 0.5) is 0 Å². The van der Waals surface area contributed by atoms with Gasteiger partial charge in [-0.1, -0.05) is 0 Å². The second-order valence-electron chi connectivity index (χ2n) is 4.52. The highest BCUT2D eigenvalue weighted by Gasteiger charge is 2.14. The monoisotopic (exact) mass is 290 g/mol. The number of fused-ring (bicyclic) bond motifs is 1. The van der Waals surface area contributed by atoms with Crippen LogP contribution in [0.2, 0.25) is 0 Å². The van der Waals surface area contributed by atoms with Crippen LogP contribution < -0.4 is 5.14 Å². The number of sulfonamides is 1. The fourth-order valence-corrected chi connectivity index (χ4v) is 2.83. The van der Waals surface area contributed by atoms with E-state index in [9.17, 15) is 8.42 Å². The van der Waals surface area contributed by atoms with Gasteiger partial charge >= 0.3 is 0 Å². The van der Waals surface area contributed by atoms with Crippen molar-refractivity contribution in [3.05, 3.63) is 36.9 Å². The standard InChI is InChI=1S/C13H14N4O2S/c1-2-17-8-15-7-13(17)11-6-16-12-4-3-9(5-10(11)12)20(14,18)19/h3-8,16H,2H2,1H3,(H2,14,18,19). The van der Waals surface area contributed by atoms with Crippen LogP contribution in [-0.4, -0.2) is 23.0 Å². The molecule has 0 aliphatic carbocycles. The van der Waals surface area contributed by atoms with Gasteiger partial charge in [-0.3, -0.25) is 0 Å². The third-order valence-electron chi connectivity index (χ3n) is 3.31. The Bertz CT molecular complexity index is 877. The van der Waals surface area contributed by atoms with Crippen molar-refractivity contribution in [1.82, 2.24) is 14.5 Å². The summed E-state index contributed by atoms with van der Waals surface area (Å²) in [4.78, 5) is 7.37. The number of H-pyrrole nitrogens is 1. The maximum atomic E-state index is 11.5. The minimum atomic E-state index is -3.71. The number of benzene rings is 1. The first-order valence-electron chi connectivity index (χ1n) is 6.15. The number of hydrogen-bond acceptors (Lipinski definition) is 3. The van der Waals surface area contributed by atoms with Crippen LogP contribution in [0.1, 0.15) is 6.92 Å². The Morgan fingerprint density at radius 2 is 2.20 bits per heavy atom. The van der Waals surface area contributed by atoms with Crippen molar-refractivity contribution in [3.63, 3.8) is 0 Å². The van der Waals surface area contributed by atoms with Crippen LogP contribution in [0.15, 0.2) is 41.8 Å². The molecule has 0 saturated heterocycles. The molecule has 0 spiro atoms. The molecule has 0 aliphatic rings. The van der Waals surface area contributed by atoms with Gasteiger partial charge in [0.15, 0.2) is 0 Å². The molecule has 0 aliphatic heterocycles. The third-order valence-corrected chi connectivity index (χ3v) is 4.22. The van der Waals surface area contributed by atoms with Crippen LogP contribution in [0.25, 0.3) is 22.2 Å². The Labute approximate surface area is 116 Å².